The van der Waals surface area contributed by atoms with Gasteiger partial charge in [0.2, 0.25) is 5.91 Å². The molecule has 4 nitrogen and oxygen atoms in total. The minimum absolute atomic E-state index is 0.0925. The Kier molecular flexibility index (Phi) is 2.51. The van der Waals surface area contributed by atoms with E-state index in [0.717, 1.165) is 6.40 Å². The van der Waals surface area contributed by atoms with Crippen LogP contribution in [0.15, 0.2) is 0 Å². The Morgan fingerprint density at radius 3 is 3.09 bits per heavy atom. The van der Waals surface area contributed by atoms with Gasteiger partial charge in [0.05, 0.1) is 5.92 Å². The van der Waals surface area contributed by atoms with Crippen LogP contribution in [0, 0.1) is 11.3 Å². The summed E-state index contributed by atoms with van der Waals surface area (Å²) in [6.45, 7) is 1.97. The first-order chi connectivity index (χ1) is 5.25. The first-order valence-electron chi connectivity index (χ1n) is 3.66. The smallest absolute Gasteiger partial charge is 0.342 e. The van der Waals surface area contributed by atoms with Crippen LogP contribution >= 0.6 is 0 Å². The van der Waals surface area contributed by atoms with E-state index >= 15 is 0 Å². The molecule has 1 rings (SSSR count). The Labute approximate surface area is 66.1 Å². The highest BCUT2D eigenvalue weighted by molar-refractivity contribution is 6.30. The van der Waals surface area contributed by atoms with Gasteiger partial charge in [-0.3, -0.25) is 10.2 Å². The molecule has 5 heteroatoms. The van der Waals surface area contributed by atoms with Gasteiger partial charge in [0, 0.05) is 6.04 Å². The Bertz CT molecular complexity index is 174. The number of amides is 1. The molecular formula is C6H11BN2O2. The van der Waals surface area contributed by atoms with Crippen LogP contribution in [0.3, 0.4) is 0 Å². The predicted molar refractivity (Wildman–Crippen MR) is 42.9 cm³/mol. The molecule has 1 saturated heterocycles. The van der Waals surface area contributed by atoms with Gasteiger partial charge in [0.25, 0.3) is 0 Å². The van der Waals surface area contributed by atoms with E-state index in [1.807, 2.05) is 6.92 Å². The Morgan fingerprint density at radius 2 is 2.64 bits per heavy atom. The molecule has 0 bridgehead atoms. The van der Waals surface area contributed by atoms with Crippen LogP contribution < -0.4 is 5.32 Å². The van der Waals surface area contributed by atoms with Crippen LogP contribution in [-0.2, 0) is 9.45 Å². The number of β-lactam (4-membered cyclic amide) rings is 1. The summed E-state index contributed by atoms with van der Waals surface area (Å²) in [6, 6.07) is 0.275. The van der Waals surface area contributed by atoms with Crippen molar-refractivity contribution in [3.63, 3.8) is 0 Å². The van der Waals surface area contributed by atoms with Crippen molar-refractivity contribution in [1.82, 2.24) is 5.32 Å². The molecule has 1 aliphatic rings. The highest BCUT2D eigenvalue weighted by atomic mass is 16.4. The predicted octanol–water partition coefficient (Wildman–Crippen LogP) is -0.486. The van der Waals surface area contributed by atoms with E-state index in [2.05, 4.69) is 5.32 Å². The minimum Gasteiger partial charge on any atom is -0.557 e. The molecule has 0 spiro atoms. The van der Waals surface area contributed by atoms with Crippen LogP contribution in [-0.4, -0.2) is 25.8 Å². The van der Waals surface area contributed by atoms with Gasteiger partial charge in [-0.15, -0.1) is 0 Å². The molecule has 60 valence electrons. The monoisotopic (exact) mass is 154 g/mol. The second-order valence-corrected chi connectivity index (χ2v) is 2.68. The van der Waals surface area contributed by atoms with Gasteiger partial charge in [-0.1, -0.05) is 0 Å². The lowest BCUT2D eigenvalue weighted by atomic mass is 9.77. The quantitative estimate of drug-likeness (QED) is 0.189. The zero-order valence-electron chi connectivity index (χ0n) is 6.46. The van der Waals surface area contributed by atoms with E-state index in [-0.39, 0.29) is 17.9 Å². The van der Waals surface area contributed by atoms with E-state index in [1.165, 1.54) is 0 Å². The lowest BCUT2D eigenvalue weighted by Crippen LogP contribution is -2.56. The van der Waals surface area contributed by atoms with Crippen LogP contribution in [0.2, 0.25) is 6.32 Å². The van der Waals surface area contributed by atoms with Crippen molar-refractivity contribution >= 4 is 19.8 Å². The standard InChI is InChI=1S/C6H11BN2O2/c1-4-5(6(10)9-4)2-7-11-3-8/h3-5,7-8H,2H2,1H3,(H,9,10)/t4-,5+/m0/s1. The number of rotatable bonds is 4. The molecule has 0 aromatic carbocycles. The van der Waals surface area contributed by atoms with Crippen molar-refractivity contribution < 1.29 is 9.45 Å². The molecule has 0 radical (unpaired) electrons. The molecule has 0 aromatic heterocycles. The highest BCUT2D eigenvalue weighted by Gasteiger charge is 2.35. The SMILES string of the molecule is C[C@@H]1NC(=O)[C@@H]1CBOC=N. The third-order valence-electron chi connectivity index (χ3n) is 1.94. The van der Waals surface area contributed by atoms with Gasteiger partial charge in [-0.2, -0.15) is 0 Å². The third kappa shape index (κ3) is 1.72. The molecule has 0 aliphatic carbocycles. The Balaban J connectivity index is 2.15. The number of carbonyl (C=O) groups is 1. The second-order valence-electron chi connectivity index (χ2n) is 2.68. The van der Waals surface area contributed by atoms with Crippen LogP contribution in [0.1, 0.15) is 6.92 Å². The molecule has 0 aromatic rings. The lowest BCUT2D eigenvalue weighted by molar-refractivity contribution is -0.133. The summed E-state index contributed by atoms with van der Waals surface area (Å²) in [7, 11) is 0.464. The van der Waals surface area contributed by atoms with E-state index in [0.29, 0.717) is 13.8 Å². The van der Waals surface area contributed by atoms with E-state index in [1.54, 1.807) is 0 Å². The van der Waals surface area contributed by atoms with Crippen molar-refractivity contribution in [3.8, 4) is 0 Å². The number of hydrogen-bond acceptors (Lipinski definition) is 3. The number of nitrogens with one attached hydrogen (secondary N) is 2. The number of carbonyl (C=O) groups excluding carboxylic acids is 1. The Hall–Kier alpha value is -0.995. The molecule has 1 fully saturated rings. The zero-order chi connectivity index (χ0) is 8.27. The summed E-state index contributed by atoms with van der Waals surface area (Å²) < 4.78 is 4.70. The normalized spacial score (nSPS) is 28.3. The maximum atomic E-state index is 10.8. The van der Waals surface area contributed by atoms with Crippen molar-refractivity contribution in [1.29, 1.82) is 5.41 Å². The molecule has 11 heavy (non-hydrogen) atoms. The second kappa shape index (κ2) is 3.41. The molecule has 2 atom stereocenters. The third-order valence-corrected chi connectivity index (χ3v) is 1.94. The highest BCUT2D eigenvalue weighted by Crippen LogP contribution is 2.18. The minimum atomic E-state index is 0.0925. The summed E-state index contributed by atoms with van der Waals surface area (Å²) in [6.07, 6.45) is 1.61. The average molecular weight is 154 g/mol. The molecular weight excluding hydrogens is 143 g/mol. The maximum Gasteiger partial charge on any atom is 0.342 e. The summed E-state index contributed by atoms with van der Waals surface area (Å²) in [4.78, 5) is 10.8. The fraction of sp³-hybridized carbons (Fsp3) is 0.667. The van der Waals surface area contributed by atoms with Gasteiger partial charge >= 0.3 is 7.48 Å². The van der Waals surface area contributed by atoms with Crippen LogP contribution in [0.5, 0.6) is 0 Å². The van der Waals surface area contributed by atoms with Crippen molar-refractivity contribution in [2.24, 2.45) is 5.92 Å². The summed E-state index contributed by atoms with van der Waals surface area (Å²) in [5, 5.41) is 9.31. The van der Waals surface area contributed by atoms with Crippen molar-refractivity contribution in [2.75, 3.05) is 0 Å². The van der Waals surface area contributed by atoms with Crippen LogP contribution in [0.25, 0.3) is 0 Å². The molecule has 2 N–H and O–H groups in total. The molecule has 1 heterocycles. The zero-order valence-corrected chi connectivity index (χ0v) is 6.46. The van der Waals surface area contributed by atoms with Crippen LogP contribution in [0.4, 0.5) is 0 Å². The fourth-order valence-electron chi connectivity index (χ4n) is 1.20. The van der Waals surface area contributed by atoms with E-state index in [9.17, 15) is 4.79 Å². The molecule has 0 saturated carbocycles. The van der Waals surface area contributed by atoms with Gasteiger partial charge in [-0.25, -0.2) is 0 Å². The van der Waals surface area contributed by atoms with Gasteiger partial charge in [0.15, 0.2) is 0 Å². The van der Waals surface area contributed by atoms with Crippen molar-refractivity contribution in [3.05, 3.63) is 0 Å². The largest absolute Gasteiger partial charge is 0.557 e. The molecule has 0 unspecified atom stereocenters. The average Bonchev–Trinajstić information content (AvgIpc) is 1.98. The van der Waals surface area contributed by atoms with Crippen molar-refractivity contribution in [2.45, 2.75) is 19.3 Å². The first kappa shape index (κ1) is 8.10. The summed E-state index contributed by atoms with van der Waals surface area (Å²) in [5.41, 5.74) is 0. The maximum absolute atomic E-state index is 10.8. The van der Waals surface area contributed by atoms with Gasteiger partial charge in [0.1, 0.15) is 6.40 Å². The molecule has 1 amide bonds. The first-order valence-corrected chi connectivity index (χ1v) is 3.66. The van der Waals surface area contributed by atoms with Gasteiger partial charge < -0.3 is 9.97 Å². The fourth-order valence-corrected chi connectivity index (χ4v) is 1.20. The topological polar surface area (TPSA) is 62.2 Å². The molecule has 1 aliphatic heterocycles. The lowest BCUT2D eigenvalue weighted by Gasteiger charge is -2.33. The summed E-state index contributed by atoms with van der Waals surface area (Å²) >= 11 is 0. The number of hydrogen-bond donors (Lipinski definition) is 2. The van der Waals surface area contributed by atoms with Gasteiger partial charge in [-0.05, 0) is 13.2 Å². The van der Waals surface area contributed by atoms with E-state index < -0.39 is 0 Å². The van der Waals surface area contributed by atoms with E-state index in [4.69, 9.17) is 10.1 Å². The summed E-state index contributed by atoms with van der Waals surface area (Å²) in [5.74, 6) is 0.195. The Morgan fingerprint density at radius 1 is 1.91 bits per heavy atom.